The number of hydrogen-bond acceptors (Lipinski definition) is 4. The maximum Gasteiger partial charge on any atom is 0.223 e. The number of carbonyl (C=O) groups is 1. The molecule has 3 rings (SSSR count). The highest BCUT2D eigenvalue weighted by Gasteiger charge is 2.34. The van der Waals surface area contributed by atoms with Crippen LogP contribution >= 0.6 is 0 Å². The standard InChI is InChI=1S/C20H31N3O2/c1-15-4-5-17(14-22-15)3-2-9-23-10-6-16(7-11-23)13-19-18(20(21)24)8-12-25-19/h4-5,14,16,18-19H,2-3,6-13H2,1H3,(H2,21,24)/t18-,19-/m1/s1. The number of nitrogens with two attached hydrogens (primary N) is 1. The number of nitrogens with zero attached hydrogens (tertiary/aromatic N) is 2. The number of hydrogen-bond donors (Lipinski definition) is 1. The van der Waals surface area contributed by atoms with E-state index in [0.29, 0.717) is 12.5 Å². The minimum Gasteiger partial charge on any atom is -0.377 e. The summed E-state index contributed by atoms with van der Waals surface area (Å²) < 4.78 is 5.76. The number of likely N-dealkylation sites (tertiary alicyclic amines) is 1. The van der Waals surface area contributed by atoms with Crippen LogP contribution in [0.25, 0.3) is 0 Å². The van der Waals surface area contributed by atoms with Crippen molar-refractivity contribution in [2.45, 2.75) is 51.6 Å². The van der Waals surface area contributed by atoms with Gasteiger partial charge in [0.15, 0.2) is 0 Å². The van der Waals surface area contributed by atoms with Gasteiger partial charge in [-0.2, -0.15) is 0 Å². The van der Waals surface area contributed by atoms with Gasteiger partial charge in [-0.1, -0.05) is 6.07 Å². The van der Waals surface area contributed by atoms with E-state index in [9.17, 15) is 4.79 Å². The highest BCUT2D eigenvalue weighted by atomic mass is 16.5. The molecule has 0 radical (unpaired) electrons. The van der Waals surface area contributed by atoms with E-state index in [1.165, 1.54) is 24.8 Å². The molecule has 2 N–H and O–H groups in total. The highest BCUT2D eigenvalue weighted by Crippen LogP contribution is 2.30. The topological polar surface area (TPSA) is 68.5 Å². The lowest BCUT2D eigenvalue weighted by Crippen LogP contribution is -2.37. The third kappa shape index (κ3) is 5.25. The fourth-order valence-corrected chi connectivity index (χ4v) is 4.13. The van der Waals surface area contributed by atoms with Crippen molar-refractivity contribution in [3.63, 3.8) is 0 Å². The van der Waals surface area contributed by atoms with Crippen LogP contribution in [0.4, 0.5) is 0 Å². The van der Waals surface area contributed by atoms with Crippen LogP contribution in [-0.4, -0.2) is 48.1 Å². The van der Waals surface area contributed by atoms with Gasteiger partial charge in [0.1, 0.15) is 0 Å². The molecule has 2 saturated heterocycles. The number of ether oxygens (including phenoxy) is 1. The molecule has 5 nitrogen and oxygen atoms in total. The Labute approximate surface area is 150 Å². The quantitative estimate of drug-likeness (QED) is 0.823. The molecule has 1 aromatic rings. The van der Waals surface area contributed by atoms with Crippen molar-refractivity contribution in [1.29, 1.82) is 0 Å². The molecule has 0 aromatic carbocycles. The maximum absolute atomic E-state index is 11.5. The number of piperidine rings is 1. The van der Waals surface area contributed by atoms with Gasteiger partial charge in [-0.15, -0.1) is 0 Å². The Morgan fingerprint density at radius 1 is 1.32 bits per heavy atom. The summed E-state index contributed by atoms with van der Waals surface area (Å²) >= 11 is 0. The summed E-state index contributed by atoms with van der Waals surface area (Å²) in [7, 11) is 0. The van der Waals surface area contributed by atoms with Gasteiger partial charge in [0.25, 0.3) is 0 Å². The molecular weight excluding hydrogens is 314 g/mol. The SMILES string of the molecule is Cc1ccc(CCCN2CCC(C[C@H]3OCC[C@H]3C(N)=O)CC2)cn1. The van der Waals surface area contributed by atoms with Crippen LogP contribution in [0.5, 0.6) is 0 Å². The molecule has 0 spiro atoms. The van der Waals surface area contributed by atoms with Gasteiger partial charge in [0.05, 0.1) is 12.0 Å². The summed E-state index contributed by atoms with van der Waals surface area (Å²) in [6.45, 7) is 6.18. The number of rotatable bonds is 7. The first kappa shape index (κ1) is 18.3. The largest absolute Gasteiger partial charge is 0.377 e. The van der Waals surface area contributed by atoms with Crippen molar-refractivity contribution in [1.82, 2.24) is 9.88 Å². The first-order chi connectivity index (χ1) is 12.1. The van der Waals surface area contributed by atoms with E-state index in [0.717, 1.165) is 44.6 Å². The van der Waals surface area contributed by atoms with Crippen LogP contribution in [0.15, 0.2) is 18.3 Å². The third-order valence-electron chi connectivity index (χ3n) is 5.76. The lowest BCUT2D eigenvalue weighted by atomic mass is 9.86. The molecule has 2 atom stereocenters. The van der Waals surface area contributed by atoms with E-state index in [4.69, 9.17) is 10.5 Å². The summed E-state index contributed by atoms with van der Waals surface area (Å²) in [4.78, 5) is 18.4. The molecule has 2 fully saturated rings. The number of aromatic nitrogens is 1. The van der Waals surface area contributed by atoms with Crippen molar-refractivity contribution in [2.24, 2.45) is 17.6 Å². The minimum absolute atomic E-state index is 0.0584. The number of aryl methyl sites for hydroxylation is 2. The van der Waals surface area contributed by atoms with Gasteiger partial charge in [0, 0.05) is 18.5 Å². The zero-order valence-corrected chi connectivity index (χ0v) is 15.3. The third-order valence-corrected chi connectivity index (χ3v) is 5.76. The molecule has 1 aromatic heterocycles. The summed E-state index contributed by atoms with van der Waals surface area (Å²) in [6, 6.07) is 4.27. The van der Waals surface area contributed by atoms with Crippen molar-refractivity contribution < 1.29 is 9.53 Å². The fraction of sp³-hybridized carbons (Fsp3) is 0.700. The molecule has 1 amide bonds. The van der Waals surface area contributed by atoms with Gasteiger partial charge in [-0.05, 0) is 82.6 Å². The Morgan fingerprint density at radius 3 is 2.80 bits per heavy atom. The predicted molar refractivity (Wildman–Crippen MR) is 98.1 cm³/mol. The van der Waals surface area contributed by atoms with Crippen LogP contribution in [-0.2, 0) is 16.0 Å². The average Bonchev–Trinajstić information content (AvgIpc) is 3.07. The molecule has 0 saturated carbocycles. The Bertz CT molecular complexity index is 553. The van der Waals surface area contributed by atoms with E-state index in [1.54, 1.807) is 0 Å². The molecule has 0 unspecified atom stereocenters. The van der Waals surface area contributed by atoms with Crippen molar-refractivity contribution in [3.05, 3.63) is 29.6 Å². The molecule has 5 heteroatoms. The molecule has 2 aliphatic rings. The molecule has 25 heavy (non-hydrogen) atoms. The minimum atomic E-state index is -0.189. The second kappa shape index (κ2) is 8.77. The van der Waals surface area contributed by atoms with Crippen LogP contribution in [0.2, 0.25) is 0 Å². The number of pyridine rings is 1. The van der Waals surface area contributed by atoms with Gasteiger partial charge >= 0.3 is 0 Å². The molecule has 0 aliphatic carbocycles. The van der Waals surface area contributed by atoms with Crippen molar-refractivity contribution in [2.75, 3.05) is 26.2 Å². The van der Waals surface area contributed by atoms with E-state index < -0.39 is 0 Å². The van der Waals surface area contributed by atoms with Crippen molar-refractivity contribution >= 4 is 5.91 Å². The zero-order valence-electron chi connectivity index (χ0n) is 15.3. The van der Waals surface area contributed by atoms with E-state index >= 15 is 0 Å². The molecule has 2 aliphatic heterocycles. The number of primary amides is 1. The van der Waals surface area contributed by atoms with E-state index in [2.05, 4.69) is 22.0 Å². The lowest BCUT2D eigenvalue weighted by Gasteiger charge is -2.33. The second-order valence-electron chi connectivity index (χ2n) is 7.64. The van der Waals surface area contributed by atoms with Crippen LogP contribution < -0.4 is 5.73 Å². The normalized spacial score (nSPS) is 25.3. The number of amides is 1. The van der Waals surface area contributed by atoms with Crippen LogP contribution in [0.1, 0.15) is 43.4 Å². The van der Waals surface area contributed by atoms with Gasteiger partial charge in [-0.3, -0.25) is 9.78 Å². The van der Waals surface area contributed by atoms with E-state index in [1.807, 2.05) is 13.1 Å². The Balaban J connectivity index is 1.34. The van der Waals surface area contributed by atoms with Gasteiger partial charge in [-0.25, -0.2) is 0 Å². The van der Waals surface area contributed by atoms with E-state index in [-0.39, 0.29) is 17.9 Å². The highest BCUT2D eigenvalue weighted by molar-refractivity contribution is 5.77. The Kier molecular flexibility index (Phi) is 6.43. The summed E-state index contributed by atoms with van der Waals surface area (Å²) in [5.41, 5.74) is 7.90. The molecule has 138 valence electrons. The van der Waals surface area contributed by atoms with Gasteiger partial charge < -0.3 is 15.4 Å². The maximum atomic E-state index is 11.5. The van der Waals surface area contributed by atoms with Crippen molar-refractivity contribution in [3.8, 4) is 0 Å². The average molecular weight is 345 g/mol. The number of carbonyl (C=O) groups excluding carboxylic acids is 1. The lowest BCUT2D eigenvalue weighted by molar-refractivity contribution is -0.123. The zero-order chi connectivity index (χ0) is 17.6. The van der Waals surface area contributed by atoms with Gasteiger partial charge in [0.2, 0.25) is 5.91 Å². The first-order valence-electron chi connectivity index (χ1n) is 9.66. The Morgan fingerprint density at radius 2 is 2.12 bits per heavy atom. The monoisotopic (exact) mass is 345 g/mol. The summed E-state index contributed by atoms with van der Waals surface area (Å²) in [5, 5.41) is 0. The van der Waals surface area contributed by atoms with Crippen LogP contribution in [0.3, 0.4) is 0 Å². The molecule has 3 heterocycles. The second-order valence-corrected chi connectivity index (χ2v) is 7.64. The fourth-order valence-electron chi connectivity index (χ4n) is 4.13. The summed E-state index contributed by atoms with van der Waals surface area (Å²) in [5.74, 6) is 0.411. The predicted octanol–water partition coefficient (Wildman–Crippen LogP) is 2.32. The Hall–Kier alpha value is -1.46. The summed E-state index contributed by atoms with van der Waals surface area (Å²) in [6.07, 6.45) is 8.55. The first-order valence-corrected chi connectivity index (χ1v) is 9.66. The van der Waals surface area contributed by atoms with Crippen LogP contribution in [0, 0.1) is 18.8 Å². The smallest absolute Gasteiger partial charge is 0.223 e. The molecule has 0 bridgehead atoms. The molecular formula is C20H31N3O2.